The van der Waals surface area contributed by atoms with Crippen molar-refractivity contribution in [3.05, 3.63) is 63.0 Å². The molecule has 0 fully saturated rings. The topological polar surface area (TPSA) is 43.6 Å². The maximum Gasteiger partial charge on any atom is 0.279 e. The molecule has 0 saturated carbocycles. The van der Waals surface area contributed by atoms with Gasteiger partial charge in [-0.25, -0.2) is 0 Å². The standard InChI is InChI=1S/C22H26N2O2S/c1-6-26-10-9-24-19-12-15(3)16(4)13-20(19)27-22(24)23-21(25)18-8-7-14(2)11-17(18)5/h7-8,11-13H,6,9-10H2,1-5H3. The van der Waals surface area contributed by atoms with Crippen LogP contribution in [0, 0.1) is 27.7 Å². The first-order valence-electron chi connectivity index (χ1n) is 9.25. The predicted molar refractivity (Wildman–Crippen MR) is 112 cm³/mol. The maximum absolute atomic E-state index is 12.8. The Kier molecular flexibility index (Phi) is 5.92. The monoisotopic (exact) mass is 382 g/mol. The van der Waals surface area contributed by atoms with Crippen LogP contribution in [0.25, 0.3) is 10.2 Å². The van der Waals surface area contributed by atoms with E-state index in [0.717, 1.165) is 26.1 Å². The number of aryl methyl sites for hydroxylation is 4. The van der Waals surface area contributed by atoms with E-state index in [4.69, 9.17) is 4.74 Å². The van der Waals surface area contributed by atoms with E-state index in [1.807, 2.05) is 39.0 Å². The van der Waals surface area contributed by atoms with Gasteiger partial charge in [0.25, 0.3) is 5.91 Å². The SMILES string of the molecule is CCOCCn1c(=NC(=O)c2ccc(C)cc2C)sc2cc(C)c(C)cc21. The summed E-state index contributed by atoms with van der Waals surface area (Å²) in [6.07, 6.45) is 0. The van der Waals surface area contributed by atoms with Crippen LogP contribution in [-0.4, -0.2) is 23.7 Å². The fourth-order valence-electron chi connectivity index (χ4n) is 3.12. The van der Waals surface area contributed by atoms with Crippen molar-refractivity contribution >= 4 is 27.5 Å². The Morgan fingerprint density at radius 1 is 1.07 bits per heavy atom. The molecule has 5 heteroatoms. The second-order valence-corrected chi connectivity index (χ2v) is 7.88. The molecular formula is C22H26N2O2S. The molecule has 3 aromatic rings. The molecule has 0 atom stereocenters. The van der Waals surface area contributed by atoms with Crippen LogP contribution in [0.15, 0.2) is 35.3 Å². The molecule has 0 unspecified atom stereocenters. The third-order valence-corrected chi connectivity index (χ3v) is 5.81. The van der Waals surface area contributed by atoms with Crippen molar-refractivity contribution in [2.45, 2.75) is 41.2 Å². The fourth-order valence-corrected chi connectivity index (χ4v) is 4.26. The summed E-state index contributed by atoms with van der Waals surface area (Å²) < 4.78 is 8.79. The van der Waals surface area contributed by atoms with Crippen molar-refractivity contribution in [1.82, 2.24) is 4.57 Å². The van der Waals surface area contributed by atoms with Gasteiger partial charge in [0.1, 0.15) is 0 Å². The van der Waals surface area contributed by atoms with Crippen molar-refractivity contribution in [3.8, 4) is 0 Å². The summed E-state index contributed by atoms with van der Waals surface area (Å²) in [5, 5.41) is 0. The molecule has 3 rings (SSSR count). The molecule has 142 valence electrons. The maximum atomic E-state index is 12.8. The van der Waals surface area contributed by atoms with Crippen LogP contribution in [0.4, 0.5) is 0 Å². The molecule has 0 saturated heterocycles. The zero-order valence-electron chi connectivity index (χ0n) is 16.6. The van der Waals surface area contributed by atoms with E-state index in [1.165, 1.54) is 11.1 Å². The molecule has 2 aromatic carbocycles. The minimum absolute atomic E-state index is 0.197. The van der Waals surface area contributed by atoms with Gasteiger partial charge in [0.15, 0.2) is 4.80 Å². The molecule has 0 spiro atoms. The highest BCUT2D eigenvalue weighted by Crippen LogP contribution is 2.22. The van der Waals surface area contributed by atoms with E-state index in [-0.39, 0.29) is 5.91 Å². The van der Waals surface area contributed by atoms with Crippen molar-refractivity contribution in [1.29, 1.82) is 0 Å². The lowest BCUT2D eigenvalue weighted by Gasteiger charge is -2.07. The molecule has 1 aromatic heterocycles. The second kappa shape index (κ2) is 8.19. The largest absolute Gasteiger partial charge is 0.380 e. The van der Waals surface area contributed by atoms with Crippen LogP contribution in [0.5, 0.6) is 0 Å². The van der Waals surface area contributed by atoms with Crippen molar-refractivity contribution in [2.24, 2.45) is 4.99 Å². The minimum Gasteiger partial charge on any atom is -0.380 e. The second-order valence-electron chi connectivity index (χ2n) is 6.87. The summed E-state index contributed by atoms with van der Waals surface area (Å²) in [4.78, 5) is 18.0. The molecule has 1 heterocycles. The summed E-state index contributed by atoms with van der Waals surface area (Å²) in [5.74, 6) is -0.197. The van der Waals surface area contributed by atoms with Gasteiger partial charge >= 0.3 is 0 Å². The minimum atomic E-state index is -0.197. The Bertz CT molecular complexity index is 1060. The van der Waals surface area contributed by atoms with Crippen LogP contribution < -0.4 is 4.80 Å². The Labute approximate surface area is 164 Å². The smallest absolute Gasteiger partial charge is 0.279 e. The number of amides is 1. The van der Waals surface area contributed by atoms with Crippen LogP contribution in [0.3, 0.4) is 0 Å². The molecular weight excluding hydrogens is 356 g/mol. The molecule has 27 heavy (non-hydrogen) atoms. The van der Waals surface area contributed by atoms with E-state index < -0.39 is 0 Å². The molecule has 0 radical (unpaired) electrons. The predicted octanol–water partition coefficient (Wildman–Crippen LogP) is 4.71. The van der Waals surface area contributed by atoms with Gasteiger partial charge in [-0.2, -0.15) is 4.99 Å². The first kappa shape index (κ1) is 19.5. The molecule has 4 nitrogen and oxygen atoms in total. The lowest BCUT2D eigenvalue weighted by molar-refractivity contribution is 0.0996. The number of rotatable bonds is 5. The number of hydrogen-bond donors (Lipinski definition) is 0. The van der Waals surface area contributed by atoms with Gasteiger partial charge in [-0.05, 0) is 69.5 Å². The third kappa shape index (κ3) is 4.20. The lowest BCUT2D eigenvalue weighted by Crippen LogP contribution is -2.20. The first-order valence-corrected chi connectivity index (χ1v) is 10.1. The average molecular weight is 383 g/mol. The zero-order valence-corrected chi connectivity index (χ0v) is 17.4. The fraction of sp³-hybridized carbons (Fsp3) is 0.364. The summed E-state index contributed by atoms with van der Waals surface area (Å²) in [5.41, 5.74) is 6.34. The van der Waals surface area contributed by atoms with Gasteiger partial charge in [0.05, 0.1) is 16.8 Å². The van der Waals surface area contributed by atoms with Crippen LogP contribution in [0.2, 0.25) is 0 Å². The number of nitrogens with zero attached hydrogens (tertiary/aromatic N) is 2. The number of aromatic nitrogens is 1. The van der Waals surface area contributed by atoms with E-state index in [1.54, 1.807) is 11.3 Å². The Hall–Kier alpha value is -2.24. The van der Waals surface area contributed by atoms with E-state index in [2.05, 4.69) is 35.5 Å². The number of thiazole rings is 1. The van der Waals surface area contributed by atoms with Crippen molar-refractivity contribution in [2.75, 3.05) is 13.2 Å². The number of benzene rings is 2. The molecule has 1 amide bonds. The molecule has 0 aliphatic rings. The highest BCUT2D eigenvalue weighted by atomic mass is 32.1. The van der Waals surface area contributed by atoms with Gasteiger partial charge in [-0.3, -0.25) is 4.79 Å². The van der Waals surface area contributed by atoms with Crippen LogP contribution >= 0.6 is 11.3 Å². The number of hydrogen-bond acceptors (Lipinski definition) is 3. The third-order valence-electron chi connectivity index (χ3n) is 4.77. The van der Waals surface area contributed by atoms with Crippen molar-refractivity contribution < 1.29 is 9.53 Å². The molecule has 0 aliphatic heterocycles. The van der Waals surface area contributed by atoms with E-state index in [0.29, 0.717) is 25.3 Å². The van der Waals surface area contributed by atoms with E-state index in [9.17, 15) is 4.79 Å². The summed E-state index contributed by atoms with van der Waals surface area (Å²) >= 11 is 1.56. The number of fused-ring (bicyclic) bond motifs is 1. The van der Waals surface area contributed by atoms with Crippen LogP contribution in [0.1, 0.15) is 39.5 Å². The van der Waals surface area contributed by atoms with Crippen molar-refractivity contribution in [3.63, 3.8) is 0 Å². The quantitative estimate of drug-likeness (QED) is 0.600. The summed E-state index contributed by atoms with van der Waals surface area (Å²) in [6, 6.07) is 10.2. The van der Waals surface area contributed by atoms with E-state index >= 15 is 0 Å². The lowest BCUT2D eigenvalue weighted by atomic mass is 10.1. The average Bonchev–Trinajstić information content (AvgIpc) is 2.92. The Morgan fingerprint density at radius 3 is 2.52 bits per heavy atom. The van der Waals surface area contributed by atoms with Gasteiger partial charge in [0, 0.05) is 18.7 Å². The normalized spacial score (nSPS) is 12.1. The summed E-state index contributed by atoms with van der Waals surface area (Å²) in [6.45, 7) is 12.1. The molecule has 0 N–H and O–H groups in total. The highest BCUT2D eigenvalue weighted by molar-refractivity contribution is 7.16. The Morgan fingerprint density at radius 2 is 1.81 bits per heavy atom. The summed E-state index contributed by atoms with van der Waals surface area (Å²) in [7, 11) is 0. The number of carbonyl (C=O) groups is 1. The Balaban J connectivity index is 2.12. The number of carbonyl (C=O) groups excluding carboxylic acids is 1. The first-order chi connectivity index (χ1) is 12.9. The van der Waals surface area contributed by atoms with Gasteiger partial charge < -0.3 is 9.30 Å². The van der Waals surface area contributed by atoms with Gasteiger partial charge in [-0.15, -0.1) is 0 Å². The molecule has 0 aliphatic carbocycles. The van der Waals surface area contributed by atoms with Gasteiger partial charge in [0.2, 0.25) is 0 Å². The van der Waals surface area contributed by atoms with Gasteiger partial charge in [-0.1, -0.05) is 29.0 Å². The number of ether oxygens (including phenoxy) is 1. The van der Waals surface area contributed by atoms with Crippen LogP contribution in [-0.2, 0) is 11.3 Å². The highest BCUT2D eigenvalue weighted by Gasteiger charge is 2.12. The molecule has 0 bridgehead atoms. The zero-order chi connectivity index (χ0) is 19.6.